The van der Waals surface area contributed by atoms with Crippen LogP contribution in [0.15, 0.2) is 42.9 Å². The standard InChI is InChI=1S/C24H21F3N10O/c1-36-6-8-37(9-7-36)17-4-5-29-21-19(17)32-22(33-21)20-18-16(34-35-20)3-2-15(31-18)13-10-14(12-28-11-13)30-23(38)24(25,26)27/h2-5,10-12H,6-9H2,1H3,(H,30,38)(H,34,35)(H,29,32,33). The van der Waals surface area contributed by atoms with E-state index in [-0.39, 0.29) is 5.69 Å². The average molecular weight is 522 g/mol. The van der Waals surface area contributed by atoms with E-state index in [1.807, 2.05) is 11.4 Å². The number of fused-ring (bicyclic) bond motifs is 2. The minimum Gasteiger partial charge on any atom is -0.367 e. The Labute approximate surface area is 213 Å². The molecule has 14 heteroatoms. The second-order valence-electron chi connectivity index (χ2n) is 8.98. The number of nitrogens with zero attached hydrogens (tertiary/aromatic N) is 7. The third kappa shape index (κ3) is 4.38. The quantitative estimate of drug-likeness (QED) is 0.328. The molecule has 6 rings (SSSR count). The predicted octanol–water partition coefficient (Wildman–Crippen LogP) is 3.21. The zero-order valence-corrected chi connectivity index (χ0v) is 20.0. The highest BCUT2D eigenvalue weighted by Gasteiger charge is 2.38. The smallest absolute Gasteiger partial charge is 0.367 e. The van der Waals surface area contributed by atoms with Crippen molar-refractivity contribution < 1.29 is 18.0 Å². The Hall–Kier alpha value is -4.59. The third-order valence-electron chi connectivity index (χ3n) is 6.39. The summed E-state index contributed by atoms with van der Waals surface area (Å²) >= 11 is 0. The van der Waals surface area contributed by atoms with Crippen LogP contribution < -0.4 is 10.2 Å². The summed E-state index contributed by atoms with van der Waals surface area (Å²) in [6.45, 7) is 3.66. The van der Waals surface area contributed by atoms with Crippen LogP contribution in [0.3, 0.4) is 0 Å². The number of halogens is 3. The van der Waals surface area contributed by atoms with Crippen LogP contribution in [0.5, 0.6) is 0 Å². The SMILES string of the molecule is CN1CCN(c2ccnc3[nH]c(-c4n[nH]c5ccc(-c6cncc(NC(=O)C(F)(F)F)c6)nc45)nc23)CC1. The summed E-state index contributed by atoms with van der Waals surface area (Å²) in [6.07, 6.45) is -0.683. The number of pyridine rings is 3. The molecule has 1 aliphatic rings. The molecule has 194 valence electrons. The molecular formula is C24H21F3N10O. The maximum atomic E-state index is 12.7. The topological polar surface area (TPSA) is 132 Å². The van der Waals surface area contributed by atoms with Crippen LogP contribution >= 0.6 is 0 Å². The van der Waals surface area contributed by atoms with Crippen molar-refractivity contribution in [1.82, 2.24) is 40.0 Å². The van der Waals surface area contributed by atoms with Gasteiger partial charge in [-0.3, -0.25) is 14.9 Å². The van der Waals surface area contributed by atoms with Gasteiger partial charge in [-0.2, -0.15) is 18.3 Å². The van der Waals surface area contributed by atoms with Gasteiger partial charge in [0.15, 0.2) is 17.2 Å². The predicted molar refractivity (Wildman–Crippen MR) is 134 cm³/mol. The molecule has 1 fully saturated rings. The largest absolute Gasteiger partial charge is 0.471 e. The van der Waals surface area contributed by atoms with Gasteiger partial charge in [-0.05, 0) is 31.3 Å². The second-order valence-corrected chi connectivity index (χ2v) is 8.98. The van der Waals surface area contributed by atoms with Gasteiger partial charge < -0.3 is 20.1 Å². The van der Waals surface area contributed by atoms with E-state index in [4.69, 9.17) is 4.98 Å². The van der Waals surface area contributed by atoms with Crippen molar-refractivity contribution in [2.75, 3.05) is 43.4 Å². The summed E-state index contributed by atoms with van der Waals surface area (Å²) in [6, 6.07) is 6.76. The molecule has 11 nitrogen and oxygen atoms in total. The fraction of sp³-hybridized carbons (Fsp3) is 0.250. The van der Waals surface area contributed by atoms with E-state index in [9.17, 15) is 18.0 Å². The van der Waals surface area contributed by atoms with E-state index in [0.29, 0.717) is 39.5 Å². The van der Waals surface area contributed by atoms with Crippen molar-refractivity contribution in [3.05, 3.63) is 42.9 Å². The molecule has 0 atom stereocenters. The number of H-pyrrole nitrogens is 2. The lowest BCUT2D eigenvalue weighted by atomic mass is 10.1. The molecule has 0 spiro atoms. The number of hydrogen-bond acceptors (Lipinski definition) is 8. The highest BCUT2D eigenvalue weighted by molar-refractivity contribution is 5.96. The number of likely N-dealkylation sites (N-methyl/N-ethyl adjacent to an activating group) is 1. The van der Waals surface area contributed by atoms with Crippen LogP contribution in [0.2, 0.25) is 0 Å². The van der Waals surface area contributed by atoms with E-state index in [0.717, 1.165) is 43.6 Å². The number of amides is 1. The van der Waals surface area contributed by atoms with Crippen molar-refractivity contribution in [3.63, 3.8) is 0 Å². The van der Waals surface area contributed by atoms with Crippen molar-refractivity contribution in [3.8, 4) is 22.8 Å². The molecule has 0 saturated carbocycles. The number of nitrogens with one attached hydrogen (secondary N) is 3. The maximum absolute atomic E-state index is 12.7. The number of piperazine rings is 1. The fourth-order valence-electron chi connectivity index (χ4n) is 4.39. The van der Waals surface area contributed by atoms with Crippen LogP contribution in [-0.4, -0.2) is 85.3 Å². The minimum absolute atomic E-state index is 0.0982. The van der Waals surface area contributed by atoms with E-state index in [2.05, 4.69) is 47.0 Å². The van der Waals surface area contributed by atoms with Crippen molar-refractivity contribution >= 4 is 39.5 Å². The summed E-state index contributed by atoms with van der Waals surface area (Å²) < 4.78 is 38.0. The second kappa shape index (κ2) is 9.06. The summed E-state index contributed by atoms with van der Waals surface area (Å²) in [7, 11) is 2.10. The molecule has 0 aromatic carbocycles. The van der Waals surface area contributed by atoms with E-state index >= 15 is 0 Å². The first-order valence-corrected chi connectivity index (χ1v) is 11.7. The molecule has 38 heavy (non-hydrogen) atoms. The molecular weight excluding hydrogens is 501 g/mol. The van der Waals surface area contributed by atoms with E-state index < -0.39 is 12.1 Å². The Morgan fingerprint density at radius 1 is 1.05 bits per heavy atom. The summed E-state index contributed by atoms with van der Waals surface area (Å²) in [5, 5.41) is 9.15. The fourth-order valence-corrected chi connectivity index (χ4v) is 4.39. The minimum atomic E-state index is -5.01. The average Bonchev–Trinajstić information content (AvgIpc) is 3.52. The first-order chi connectivity index (χ1) is 18.3. The number of alkyl halides is 3. The van der Waals surface area contributed by atoms with Crippen LogP contribution in [0.4, 0.5) is 24.5 Å². The highest BCUT2D eigenvalue weighted by Crippen LogP contribution is 2.31. The number of aromatic amines is 2. The van der Waals surface area contributed by atoms with Gasteiger partial charge in [0.2, 0.25) is 0 Å². The molecule has 0 aliphatic carbocycles. The van der Waals surface area contributed by atoms with Gasteiger partial charge in [-0.1, -0.05) is 0 Å². The molecule has 0 bridgehead atoms. The van der Waals surface area contributed by atoms with Crippen molar-refractivity contribution in [1.29, 1.82) is 0 Å². The highest BCUT2D eigenvalue weighted by atomic mass is 19.4. The van der Waals surface area contributed by atoms with Gasteiger partial charge in [0.05, 0.1) is 28.8 Å². The van der Waals surface area contributed by atoms with Gasteiger partial charge in [0, 0.05) is 44.1 Å². The summed E-state index contributed by atoms with van der Waals surface area (Å²) in [5.74, 6) is -1.60. The Bertz CT molecular complexity index is 1650. The van der Waals surface area contributed by atoms with Crippen LogP contribution in [0.1, 0.15) is 0 Å². The van der Waals surface area contributed by atoms with Gasteiger partial charge in [0.25, 0.3) is 0 Å². The van der Waals surface area contributed by atoms with E-state index in [1.165, 1.54) is 12.3 Å². The number of imidazole rings is 1. The number of carbonyl (C=O) groups is 1. The number of hydrogen-bond donors (Lipinski definition) is 3. The van der Waals surface area contributed by atoms with Crippen molar-refractivity contribution in [2.45, 2.75) is 6.18 Å². The van der Waals surface area contributed by atoms with Gasteiger partial charge in [0.1, 0.15) is 11.0 Å². The monoisotopic (exact) mass is 522 g/mol. The van der Waals surface area contributed by atoms with Gasteiger partial charge >= 0.3 is 12.1 Å². The maximum Gasteiger partial charge on any atom is 0.471 e. The molecule has 5 aromatic heterocycles. The molecule has 3 N–H and O–H groups in total. The van der Waals surface area contributed by atoms with Crippen LogP contribution in [0.25, 0.3) is 45.0 Å². The molecule has 1 aliphatic heterocycles. The number of rotatable bonds is 4. The van der Waals surface area contributed by atoms with Gasteiger partial charge in [-0.15, -0.1) is 0 Å². The Morgan fingerprint density at radius 3 is 2.66 bits per heavy atom. The lowest BCUT2D eigenvalue weighted by molar-refractivity contribution is -0.167. The normalized spacial score (nSPS) is 14.9. The van der Waals surface area contributed by atoms with Crippen molar-refractivity contribution in [2.24, 2.45) is 0 Å². The third-order valence-corrected chi connectivity index (χ3v) is 6.39. The molecule has 0 radical (unpaired) electrons. The number of aromatic nitrogens is 7. The molecule has 0 unspecified atom stereocenters. The Kier molecular flexibility index (Phi) is 5.67. The molecule has 1 amide bonds. The Morgan fingerprint density at radius 2 is 1.87 bits per heavy atom. The summed E-state index contributed by atoms with van der Waals surface area (Å²) in [4.78, 5) is 37.0. The number of carbonyl (C=O) groups excluding carboxylic acids is 1. The van der Waals surface area contributed by atoms with E-state index in [1.54, 1.807) is 18.3 Å². The lowest BCUT2D eigenvalue weighted by Crippen LogP contribution is -2.44. The lowest BCUT2D eigenvalue weighted by Gasteiger charge is -2.33. The molecule has 5 aromatic rings. The van der Waals surface area contributed by atoms with Gasteiger partial charge in [-0.25, -0.2) is 15.0 Å². The van der Waals surface area contributed by atoms with Crippen LogP contribution in [-0.2, 0) is 4.79 Å². The zero-order chi connectivity index (χ0) is 26.4. The van der Waals surface area contributed by atoms with Crippen LogP contribution in [0, 0.1) is 0 Å². The molecule has 6 heterocycles. The first kappa shape index (κ1) is 23.8. The zero-order valence-electron chi connectivity index (χ0n) is 20.0. The Balaban J connectivity index is 1.35. The summed E-state index contributed by atoms with van der Waals surface area (Å²) in [5.41, 5.74) is 4.72. The molecule has 1 saturated heterocycles. The first-order valence-electron chi connectivity index (χ1n) is 11.7. The number of anilines is 2.